The summed E-state index contributed by atoms with van der Waals surface area (Å²) in [6, 6.07) is 14.0. The predicted molar refractivity (Wildman–Crippen MR) is 119 cm³/mol. The van der Waals surface area contributed by atoms with Crippen LogP contribution in [0.3, 0.4) is 0 Å². The maximum absolute atomic E-state index is 13.0. The average molecular weight is 445 g/mol. The van der Waals surface area contributed by atoms with Gasteiger partial charge in [-0.05, 0) is 74.0 Å². The maximum Gasteiger partial charge on any atom is 0.416 e. The van der Waals surface area contributed by atoms with Crippen molar-refractivity contribution in [2.24, 2.45) is 0 Å². The van der Waals surface area contributed by atoms with E-state index in [-0.39, 0.29) is 11.8 Å². The molecule has 2 heterocycles. The molecule has 0 saturated carbocycles. The molecule has 0 atom stereocenters. The number of nitrogens with zero attached hydrogens (tertiary/aromatic N) is 2. The zero-order valence-electron chi connectivity index (χ0n) is 18.4. The molecule has 0 aromatic heterocycles. The lowest BCUT2D eigenvalue weighted by Gasteiger charge is -2.32. The number of rotatable bonds is 7. The van der Waals surface area contributed by atoms with Gasteiger partial charge in [-0.3, -0.25) is 4.79 Å². The molecule has 2 aliphatic rings. The van der Waals surface area contributed by atoms with E-state index in [1.54, 1.807) is 0 Å². The first-order chi connectivity index (χ1) is 15.4. The Balaban J connectivity index is 1.12. The van der Waals surface area contributed by atoms with E-state index in [0.717, 1.165) is 76.5 Å². The molecule has 0 bridgehead atoms. The molecular formula is C26H31F3N2O. The molecule has 172 valence electrons. The number of halogens is 3. The van der Waals surface area contributed by atoms with Gasteiger partial charge in [0, 0.05) is 19.5 Å². The lowest BCUT2D eigenvalue weighted by molar-refractivity contribution is -0.137. The van der Waals surface area contributed by atoms with Crippen LogP contribution in [0.15, 0.2) is 48.5 Å². The normalized spacial score (nSPS) is 17.5. The van der Waals surface area contributed by atoms with Crippen LogP contribution in [0.5, 0.6) is 0 Å². The fourth-order valence-corrected chi connectivity index (χ4v) is 4.91. The average Bonchev–Trinajstić information content (AvgIpc) is 3.23. The Kier molecular flexibility index (Phi) is 7.19. The van der Waals surface area contributed by atoms with Crippen LogP contribution < -0.4 is 0 Å². The number of alkyl halides is 3. The molecule has 3 nitrogen and oxygen atoms in total. The van der Waals surface area contributed by atoms with Crippen LogP contribution >= 0.6 is 0 Å². The Hall–Kier alpha value is -2.34. The van der Waals surface area contributed by atoms with E-state index in [1.165, 1.54) is 23.3 Å². The van der Waals surface area contributed by atoms with Crippen molar-refractivity contribution >= 4 is 5.91 Å². The molecule has 0 aliphatic carbocycles. The Bertz CT molecular complexity index is 894. The van der Waals surface area contributed by atoms with E-state index in [4.69, 9.17) is 0 Å². The quantitative estimate of drug-likeness (QED) is 0.490. The van der Waals surface area contributed by atoms with Gasteiger partial charge in [-0.15, -0.1) is 0 Å². The lowest BCUT2D eigenvalue weighted by Crippen LogP contribution is -2.33. The van der Waals surface area contributed by atoms with Crippen LogP contribution in [0.25, 0.3) is 0 Å². The summed E-state index contributed by atoms with van der Waals surface area (Å²) in [7, 11) is 0. The first kappa shape index (κ1) is 22.8. The first-order valence-corrected chi connectivity index (χ1v) is 11.6. The summed E-state index contributed by atoms with van der Waals surface area (Å²) < 4.78 is 38.9. The number of carbonyl (C=O) groups is 1. The molecule has 0 unspecified atom stereocenters. The van der Waals surface area contributed by atoms with Crippen molar-refractivity contribution in [2.45, 2.75) is 63.7 Å². The van der Waals surface area contributed by atoms with Crippen molar-refractivity contribution in [3.63, 3.8) is 0 Å². The minimum atomic E-state index is -4.28. The van der Waals surface area contributed by atoms with Gasteiger partial charge in [0.05, 0.1) is 5.56 Å². The summed E-state index contributed by atoms with van der Waals surface area (Å²) in [5, 5.41) is 0. The van der Waals surface area contributed by atoms with Crippen LogP contribution in [0, 0.1) is 0 Å². The first-order valence-electron chi connectivity index (χ1n) is 11.6. The zero-order valence-corrected chi connectivity index (χ0v) is 18.4. The molecular weight excluding hydrogens is 413 g/mol. The Labute approximate surface area is 188 Å². The minimum Gasteiger partial charge on any atom is -0.334 e. The van der Waals surface area contributed by atoms with Crippen molar-refractivity contribution in [2.75, 3.05) is 19.6 Å². The number of piperidine rings is 1. The number of hydrogen-bond acceptors (Lipinski definition) is 2. The number of benzene rings is 2. The fourth-order valence-electron chi connectivity index (χ4n) is 4.91. The van der Waals surface area contributed by atoms with Crippen LogP contribution in [0.2, 0.25) is 0 Å². The Morgan fingerprint density at radius 3 is 2.25 bits per heavy atom. The molecule has 1 fully saturated rings. The molecule has 2 aliphatic heterocycles. The molecule has 4 rings (SSSR count). The van der Waals surface area contributed by atoms with E-state index >= 15 is 0 Å². The second kappa shape index (κ2) is 10.1. The van der Waals surface area contributed by atoms with Gasteiger partial charge in [0.1, 0.15) is 0 Å². The third kappa shape index (κ3) is 5.71. The molecule has 2 aromatic rings. The highest BCUT2D eigenvalue weighted by atomic mass is 19.4. The Morgan fingerprint density at radius 2 is 1.59 bits per heavy atom. The van der Waals surface area contributed by atoms with Gasteiger partial charge in [0.25, 0.3) is 0 Å². The van der Waals surface area contributed by atoms with E-state index in [2.05, 4.69) is 17.0 Å². The van der Waals surface area contributed by atoms with Gasteiger partial charge < -0.3 is 9.80 Å². The summed E-state index contributed by atoms with van der Waals surface area (Å²) >= 11 is 0. The van der Waals surface area contributed by atoms with E-state index in [1.807, 2.05) is 23.1 Å². The SMILES string of the molecule is O=C(CCCCCN1CCC(c2cccc(C(F)(F)F)c2)CC1)N1Cc2ccccc2C1. The number of fused-ring (bicyclic) bond motifs is 1. The third-order valence-corrected chi connectivity index (χ3v) is 6.83. The molecule has 32 heavy (non-hydrogen) atoms. The molecule has 0 spiro atoms. The van der Waals surface area contributed by atoms with Gasteiger partial charge in [-0.25, -0.2) is 0 Å². The molecule has 0 radical (unpaired) electrons. The smallest absolute Gasteiger partial charge is 0.334 e. The van der Waals surface area contributed by atoms with Gasteiger partial charge in [0.2, 0.25) is 5.91 Å². The van der Waals surface area contributed by atoms with Crippen LogP contribution in [0.4, 0.5) is 13.2 Å². The van der Waals surface area contributed by atoms with E-state index in [9.17, 15) is 18.0 Å². The summed E-state index contributed by atoms with van der Waals surface area (Å²) in [5.41, 5.74) is 2.77. The van der Waals surface area contributed by atoms with Gasteiger partial charge in [-0.1, -0.05) is 48.9 Å². The highest BCUT2D eigenvalue weighted by molar-refractivity contribution is 5.76. The van der Waals surface area contributed by atoms with Gasteiger partial charge >= 0.3 is 6.18 Å². The zero-order chi connectivity index (χ0) is 22.6. The van der Waals surface area contributed by atoms with E-state index in [0.29, 0.717) is 6.42 Å². The molecule has 1 saturated heterocycles. The summed E-state index contributed by atoms with van der Waals surface area (Å²) in [6.45, 7) is 4.31. The largest absolute Gasteiger partial charge is 0.416 e. The summed E-state index contributed by atoms with van der Waals surface area (Å²) in [6.07, 6.45) is 1.11. The third-order valence-electron chi connectivity index (χ3n) is 6.83. The molecule has 0 N–H and O–H groups in total. The van der Waals surface area contributed by atoms with E-state index < -0.39 is 11.7 Å². The fraction of sp³-hybridized carbons (Fsp3) is 0.500. The number of hydrogen-bond donors (Lipinski definition) is 0. The van der Waals surface area contributed by atoms with Crippen molar-refractivity contribution in [1.82, 2.24) is 9.80 Å². The van der Waals surface area contributed by atoms with Crippen molar-refractivity contribution in [1.29, 1.82) is 0 Å². The summed E-state index contributed by atoms with van der Waals surface area (Å²) in [5.74, 6) is 0.443. The summed E-state index contributed by atoms with van der Waals surface area (Å²) in [4.78, 5) is 16.8. The van der Waals surface area contributed by atoms with Crippen LogP contribution in [-0.4, -0.2) is 35.3 Å². The molecule has 1 amide bonds. The number of carbonyl (C=O) groups excluding carboxylic acids is 1. The van der Waals surface area contributed by atoms with Crippen molar-refractivity contribution < 1.29 is 18.0 Å². The van der Waals surface area contributed by atoms with Crippen molar-refractivity contribution in [3.05, 3.63) is 70.8 Å². The highest BCUT2D eigenvalue weighted by Crippen LogP contribution is 2.34. The molecule has 2 aromatic carbocycles. The Morgan fingerprint density at radius 1 is 0.906 bits per heavy atom. The van der Waals surface area contributed by atoms with Crippen LogP contribution in [-0.2, 0) is 24.1 Å². The lowest BCUT2D eigenvalue weighted by atomic mass is 9.88. The number of unbranched alkanes of at least 4 members (excludes halogenated alkanes) is 2. The standard InChI is InChI=1S/C26H31F3N2O/c27-26(28,29)24-10-6-9-21(17-24)20-12-15-30(16-13-20)14-5-1-2-11-25(32)31-18-22-7-3-4-8-23(22)19-31/h3-4,6-10,17,20H,1-2,5,11-16,18-19H2. The van der Waals surface area contributed by atoms with Gasteiger partial charge in [-0.2, -0.15) is 13.2 Å². The van der Waals surface area contributed by atoms with Crippen molar-refractivity contribution in [3.8, 4) is 0 Å². The second-order valence-corrected chi connectivity index (χ2v) is 9.07. The molecule has 6 heteroatoms. The minimum absolute atomic E-state index is 0.204. The topological polar surface area (TPSA) is 23.6 Å². The monoisotopic (exact) mass is 444 g/mol. The van der Waals surface area contributed by atoms with Crippen LogP contribution in [0.1, 0.15) is 66.7 Å². The number of amides is 1. The maximum atomic E-state index is 13.0. The highest BCUT2D eigenvalue weighted by Gasteiger charge is 2.31. The second-order valence-electron chi connectivity index (χ2n) is 9.07. The van der Waals surface area contributed by atoms with Gasteiger partial charge in [0.15, 0.2) is 0 Å². The number of likely N-dealkylation sites (tertiary alicyclic amines) is 1. The predicted octanol–water partition coefficient (Wildman–Crippen LogP) is 5.99.